The Hall–Kier alpha value is -0.780. The van der Waals surface area contributed by atoms with Crippen molar-refractivity contribution in [3.05, 3.63) is 35.4 Å². The molecule has 35 heavy (non-hydrogen) atoms. The van der Waals surface area contributed by atoms with E-state index in [9.17, 15) is 0 Å². The van der Waals surface area contributed by atoms with E-state index in [1.165, 1.54) is 116 Å². The van der Waals surface area contributed by atoms with Crippen LogP contribution in [0.4, 0.5) is 0 Å². The molecule has 0 saturated heterocycles. The summed E-state index contributed by atoms with van der Waals surface area (Å²) in [6, 6.07) is 9.91. The molecule has 3 aliphatic carbocycles. The highest BCUT2D eigenvalue weighted by Gasteiger charge is 2.25. The minimum Gasteiger partial charge on any atom is -0.0654 e. The van der Waals surface area contributed by atoms with Crippen molar-refractivity contribution < 1.29 is 0 Å². The Kier molecular flexibility index (Phi) is 11.6. The minimum absolute atomic E-state index is 0.837. The van der Waals surface area contributed by atoms with Crippen LogP contribution in [-0.2, 0) is 6.42 Å². The molecular formula is C35H58. The largest absolute Gasteiger partial charge is 0.0654 e. The number of hydrogen-bond donors (Lipinski definition) is 0. The van der Waals surface area contributed by atoms with Gasteiger partial charge in [0.1, 0.15) is 0 Å². The van der Waals surface area contributed by atoms with E-state index in [0.29, 0.717) is 0 Å². The van der Waals surface area contributed by atoms with Gasteiger partial charge in [-0.3, -0.25) is 0 Å². The Morgan fingerprint density at radius 1 is 0.486 bits per heavy atom. The van der Waals surface area contributed by atoms with Crippen LogP contribution in [0.1, 0.15) is 159 Å². The second kappa shape index (κ2) is 14.8. The van der Waals surface area contributed by atoms with Gasteiger partial charge >= 0.3 is 0 Å². The summed E-state index contributed by atoms with van der Waals surface area (Å²) >= 11 is 0. The fraction of sp³-hybridized carbons (Fsp3) is 0.829. The molecule has 3 aliphatic rings. The first-order chi connectivity index (χ1) is 17.2. The van der Waals surface area contributed by atoms with Gasteiger partial charge in [-0.2, -0.15) is 0 Å². The molecule has 3 fully saturated rings. The van der Waals surface area contributed by atoms with Crippen LogP contribution in [0.2, 0.25) is 0 Å². The average molecular weight is 479 g/mol. The molecule has 0 heteroatoms. The van der Waals surface area contributed by atoms with Crippen LogP contribution >= 0.6 is 0 Å². The molecule has 4 rings (SSSR count). The fourth-order valence-electron chi connectivity index (χ4n) is 8.10. The lowest BCUT2D eigenvalue weighted by atomic mass is 9.74. The number of hydrogen-bond acceptors (Lipinski definition) is 0. The molecule has 0 unspecified atom stereocenters. The number of unbranched alkanes of at least 4 members (excludes halogenated alkanes) is 1. The van der Waals surface area contributed by atoms with Crippen molar-refractivity contribution in [1.29, 1.82) is 0 Å². The first-order valence-electron chi connectivity index (χ1n) is 16.3. The second-order valence-corrected chi connectivity index (χ2v) is 13.3. The summed E-state index contributed by atoms with van der Waals surface area (Å²) in [7, 11) is 0. The van der Waals surface area contributed by atoms with Crippen LogP contribution in [0.3, 0.4) is 0 Å². The van der Waals surface area contributed by atoms with Crippen LogP contribution in [0.25, 0.3) is 0 Å². The van der Waals surface area contributed by atoms with Crippen LogP contribution in [0, 0.1) is 29.6 Å². The lowest BCUT2D eigenvalue weighted by molar-refractivity contribution is 0.209. The van der Waals surface area contributed by atoms with Gasteiger partial charge in [0.05, 0.1) is 0 Å². The zero-order chi connectivity index (χ0) is 24.3. The van der Waals surface area contributed by atoms with E-state index in [0.717, 1.165) is 35.5 Å². The van der Waals surface area contributed by atoms with Gasteiger partial charge in [-0.15, -0.1) is 0 Å². The van der Waals surface area contributed by atoms with Crippen molar-refractivity contribution in [2.75, 3.05) is 0 Å². The van der Waals surface area contributed by atoms with E-state index in [1.54, 1.807) is 30.4 Å². The molecule has 0 aromatic heterocycles. The zero-order valence-electron chi connectivity index (χ0n) is 23.6. The molecule has 0 amide bonds. The third-order valence-corrected chi connectivity index (χ3v) is 10.7. The fourth-order valence-corrected chi connectivity index (χ4v) is 8.10. The van der Waals surface area contributed by atoms with Crippen molar-refractivity contribution in [2.45, 2.75) is 155 Å². The Morgan fingerprint density at radius 2 is 0.943 bits per heavy atom. The molecule has 0 N–H and O–H groups in total. The standard InChI is InChI=1S/C35H58/c1-3-5-7-29-20-24-34(25-21-29)35-26-22-33(23-27-35)19-18-32-16-14-31(15-17-32)13-12-30-10-8-28(6-4-2)9-11-30/h22-23,26-32,34H,3-21,24-25H2,1-2H3/t28-,29-,30-,31-,32-,34-. The Morgan fingerprint density at radius 3 is 1.46 bits per heavy atom. The third-order valence-electron chi connectivity index (χ3n) is 10.7. The summed E-state index contributed by atoms with van der Waals surface area (Å²) in [6.45, 7) is 4.69. The van der Waals surface area contributed by atoms with Gasteiger partial charge in [0, 0.05) is 0 Å². The van der Waals surface area contributed by atoms with Gasteiger partial charge in [-0.1, -0.05) is 134 Å². The quantitative estimate of drug-likeness (QED) is 0.280. The number of rotatable bonds is 12. The van der Waals surface area contributed by atoms with E-state index in [1.807, 2.05) is 0 Å². The maximum atomic E-state index is 2.49. The number of benzene rings is 1. The third kappa shape index (κ3) is 8.93. The van der Waals surface area contributed by atoms with E-state index in [-0.39, 0.29) is 0 Å². The van der Waals surface area contributed by atoms with Crippen molar-refractivity contribution in [3.8, 4) is 0 Å². The Balaban J connectivity index is 1.08. The van der Waals surface area contributed by atoms with Crippen LogP contribution < -0.4 is 0 Å². The SMILES string of the molecule is CCCC[C@H]1CC[C@H](c2ccc(CC[C@H]3CC[C@H](CC[C@H]4CC[C@H](CCC)CC4)CC3)cc2)CC1. The topological polar surface area (TPSA) is 0 Å². The van der Waals surface area contributed by atoms with Crippen molar-refractivity contribution >= 4 is 0 Å². The predicted molar refractivity (Wildman–Crippen MR) is 154 cm³/mol. The summed E-state index contributed by atoms with van der Waals surface area (Å²) in [5.41, 5.74) is 3.22. The van der Waals surface area contributed by atoms with E-state index < -0.39 is 0 Å². The molecule has 0 nitrogen and oxygen atoms in total. The monoisotopic (exact) mass is 478 g/mol. The molecule has 0 spiro atoms. The van der Waals surface area contributed by atoms with Gasteiger partial charge in [-0.05, 0) is 85.2 Å². The molecule has 1 aromatic rings. The maximum Gasteiger partial charge on any atom is -0.0162 e. The van der Waals surface area contributed by atoms with Crippen molar-refractivity contribution in [2.24, 2.45) is 29.6 Å². The normalized spacial score (nSPS) is 31.9. The smallest absolute Gasteiger partial charge is 0.0162 e. The van der Waals surface area contributed by atoms with Crippen molar-refractivity contribution in [1.82, 2.24) is 0 Å². The summed E-state index contributed by atoms with van der Waals surface area (Å²) in [5.74, 6) is 6.04. The molecule has 0 radical (unpaired) electrons. The highest BCUT2D eigenvalue weighted by atomic mass is 14.3. The van der Waals surface area contributed by atoms with E-state index in [2.05, 4.69) is 38.1 Å². The molecule has 0 aliphatic heterocycles. The van der Waals surface area contributed by atoms with Crippen LogP contribution in [0.5, 0.6) is 0 Å². The minimum atomic E-state index is 0.837. The summed E-state index contributed by atoms with van der Waals surface area (Å²) < 4.78 is 0. The van der Waals surface area contributed by atoms with Crippen LogP contribution in [0.15, 0.2) is 24.3 Å². The van der Waals surface area contributed by atoms with Gasteiger partial charge in [0.15, 0.2) is 0 Å². The zero-order valence-corrected chi connectivity index (χ0v) is 23.6. The van der Waals surface area contributed by atoms with Gasteiger partial charge in [-0.25, -0.2) is 0 Å². The van der Waals surface area contributed by atoms with E-state index >= 15 is 0 Å². The first kappa shape index (κ1) is 27.3. The lowest BCUT2D eigenvalue weighted by Crippen LogP contribution is -2.18. The Labute approximate surface area is 219 Å². The first-order valence-corrected chi connectivity index (χ1v) is 16.3. The molecule has 198 valence electrons. The highest BCUT2D eigenvalue weighted by Crippen LogP contribution is 2.39. The molecule has 0 bridgehead atoms. The second-order valence-electron chi connectivity index (χ2n) is 13.3. The van der Waals surface area contributed by atoms with Gasteiger partial charge in [0.25, 0.3) is 0 Å². The van der Waals surface area contributed by atoms with E-state index in [4.69, 9.17) is 0 Å². The molecular weight excluding hydrogens is 420 g/mol. The van der Waals surface area contributed by atoms with Crippen LogP contribution in [-0.4, -0.2) is 0 Å². The molecule has 3 saturated carbocycles. The molecule has 0 atom stereocenters. The van der Waals surface area contributed by atoms with Gasteiger partial charge < -0.3 is 0 Å². The summed E-state index contributed by atoms with van der Waals surface area (Å²) in [6.07, 6.45) is 31.0. The van der Waals surface area contributed by atoms with Gasteiger partial charge in [0.2, 0.25) is 0 Å². The molecule has 1 aromatic carbocycles. The number of aryl methyl sites for hydroxylation is 1. The summed E-state index contributed by atoms with van der Waals surface area (Å²) in [5, 5.41) is 0. The molecule has 0 heterocycles. The average Bonchev–Trinajstić information content (AvgIpc) is 2.92. The Bertz CT molecular complexity index is 662. The summed E-state index contributed by atoms with van der Waals surface area (Å²) in [4.78, 5) is 0. The lowest BCUT2D eigenvalue weighted by Gasteiger charge is -2.32. The predicted octanol–water partition coefficient (Wildman–Crippen LogP) is 11.3. The van der Waals surface area contributed by atoms with Crippen molar-refractivity contribution in [3.63, 3.8) is 0 Å². The maximum absolute atomic E-state index is 2.49. The highest BCUT2D eigenvalue weighted by molar-refractivity contribution is 5.26.